The van der Waals surface area contributed by atoms with Crippen LogP contribution in [0.3, 0.4) is 0 Å². The lowest BCUT2D eigenvalue weighted by atomic mass is 10.1. The van der Waals surface area contributed by atoms with E-state index in [-0.39, 0.29) is 11.8 Å². The Bertz CT molecular complexity index is 788. The summed E-state index contributed by atoms with van der Waals surface area (Å²) in [7, 11) is 0. The lowest BCUT2D eigenvalue weighted by Gasteiger charge is -2.32. The summed E-state index contributed by atoms with van der Waals surface area (Å²) in [6.07, 6.45) is 7.01. The Labute approximate surface area is 150 Å². The summed E-state index contributed by atoms with van der Waals surface area (Å²) in [6.45, 7) is 2.30. The fraction of sp³-hybridized carbons (Fsp3) is 0.278. The van der Waals surface area contributed by atoms with E-state index in [1.807, 2.05) is 6.07 Å². The van der Waals surface area contributed by atoms with Crippen molar-refractivity contribution in [3.05, 3.63) is 59.7 Å². The molecule has 134 valence electrons. The third kappa shape index (κ3) is 4.21. The first-order chi connectivity index (χ1) is 12.7. The van der Waals surface area contributed by atoms with E-state index in [1.165, 1.54) is 12.4 Å². The molecule has 2 aromatic rings. The number of carbonyl (C=O) groups is 3. The van der Waals surface area contributed by atoms with Gasteiger partial charge in [0.15, 0.2) is 0 Å². The molecular weight excluding hydrogens is 334 g/mol. The topological polar surface area (TPSA) is 95.5 Å². The van der Waals surface area contributed by atoms with Crippen molar-refractivity contribution in [2.24, 2.45) is 0 Å². The third-order valence-corrected chi connectivity index (χ3v) is 4.17. The highest BCUT2D eigenvalue weighted by atomic mass is 16.2. The van der Waals surface area contributed by atoms with Crippen molar-refractivity contribution in [3.8, 4) is 0 Å². The van der Waals surface area contributed by atoms with Crippen LogP contribution >= 0.6 is 0 Å². The van der Waals surface area contributed by atoms with Crippen LogP contribution in [0.5, 0.6) is 0 Å². The summed E-state index contributed by atoms with van der Waals surface area (Å²) in [5.41, 5.74) is 1.57. The van der Waals surface area contributed by atoms with Gasteiger partial charge in [-0.05, 0) is 17.7 Å². The molecule has 1 N–H and O–H groups in total. The molecule has 0 radical (unpaired) electrons. The molecule has 2 aromatic heterocycles. The Morgan fingerprint density at radius 3 is 2.54 bits per heavy atom. The van der Waals surface area contributed by atoms with Crippen LogP contribution < -0.4 is 5.32 Å². The molecule has 1 aliphatic rings. The van der Waals surface area contributed by atoms with Gasteiger partial charge in [0.25, 0.3) is 11.8 Å². The van der Waals surface area contributed by atoms with Crippen LogP contribution in [-0.4, -0.2) is 64.2 Å². The summed E-state index contributed by atoms with van der Waals surface area (Å²) >= 11 is 0. The summed E-state index contributed by atoms with van der Waals surface area (Å²) < 4.78 is 0. The fourth-order valence-corrected chi connectivity index (χ4v) is 2.68. The lowest BCUT2D eigenvalue weighted by Crippen LogP contribution is -2.48. The number of aromatic nitrogens is 2. The molecule has 0 atom stereocenters. The van der Waals surface area contributed by atoms with Gasteiger partial charge in [-0.2, -0.15) is 0 Å². The first kappa shape index (κ1) is 17.5. The van der Waals surface area contributed by atoms with Crippen LogP contribution in [0.15, 0.2) is 43.0 Å². The molecule has 3 heterocycles. The van der Waals surface area contributed by atoms with E-state index in [2.05, 4.69) is 15.3 Å². The molecular formula is C18H19N5O3. The first-order valence-electron chi connectivity index (χ1n) is 8.28. The predicted molar refractivity (Wildman–Crippen MR) is 93.2 cm³/mol. The van der Waals surface area contributed by atoms with E-state index < -0.39 is 0 Å². The number of hydrogen-bond acceptors (Lipinski definition) is 5. The van der Waals surface area contributed by atoms with Crippen molar-refractivity contribution in [1.29, 1.82) is 0 Å². The SMILES string of the molecule is O=CN1CCN(C(=O)c2cncc(C(=O)NCc3cccnc3)c2)CC1. The van der Waals surface area contributed by atoms with Gasteiger partial charge in [-0.3, -0.25) is 24.4 Å². The van der Waals surface area contributed by atoms with Crippen LogP contribution in [0.25, 0.3) is 0 Å². The number of nitrogens with one attached hydrogen (secondary N) is 1. The van der Waals surface area contributed by atoms with E-state index in [0.717, 1.165) is 12.0 Å². The molecule has 0 aromatic carbocycles. The Morgan fingerprint density at radius 2 is 1.85 bits per heavy atom. The van der Waals surface area contributed by atoms with Gasteiger partial charge < -0.3 is 15.1 Å². The number of hydrogen-bond donors (Lipinski definition) is 1. The Morgan fingerprint density at radius 1 is 1.08 bits per heavy atom. The Balaban J connectivity index is 1.63. The number of amides is 3. The normalized spacial score (nSPS) is 14.0. The molecule has 26 heavy (non-hydrogen) atoms. The molecule has 8 heteroatoms. The molecule has 1 fully saturated rings. The van der Waals surface area contributed by atoms with Gasteiger partial charge >= 0.3 is 0 Å². The standard InChI is InChI=1S/C18H19N5O3/c24-13-22-4-6-23(7-5-22)18(26)16-8-15(11-20-12-16)17(25)21-10-14-2-1-3-19-9-14/h1-3,8-9,11-13H,4-7,10H2,(H,21,25). The van der Waals surface area contributed by atoms with Gasteiger partial charge in [-0.25, -0.2) is 0 Å². The van der Waals surface area contributed by atoms with Gasteiger partial charge in [0.1, 0.15) is 0 Å². The second-order valence-corrected chi connectivity index (χ2v) is 5.94. The summed E-state index contributed by atoms with van der Waals surface area (Å²) in [6, 6.07) is 5.21. The van der Waals surface area contributed by atoms with Crippen LogP contribution in [0.1, 0.15) is 26.3 Å². The van der Waals surface area contributed by atoms with Crippen molar-refractivity contribution in [3.63, 3.8) is 0 Å². The second-order valence-electron chi connectivity index (χ2n) is 5.94. The maximum absolute atomic E-state index is 12.6. The summed E-state index contributed by atoms with van der Waals surface area (Å²) in [4.78, 5) is 47.0. The number of piperazine rings is 1. The van der Waals surface area contributed by atoms with E-state index >= 15 is 0 Å². The zero-order chi connectivity index (χ0) is 18.4. The summed E-state index contributed by atoms with van der Waals surface area (Å²) in [5.74, 6) is -0.494. The van der Waals surface area contributed by atoms with E-state index in [9.17, 15) is 14.4 Å². The van der Waals surface area contributed by atoms with Crippen LogP contribution in [0, 0.1) is 0 Å². The fourth-order valence-electron chi connectivity index (χ4n) is 2.68. The average Bonchev–Trinajstić information content (AvgIpc) is 2.72. The Hall–Kier alpha value is -3.29. The van der Waals surface area contributed by atoms with Crippen molar-refractivity contribution in [1.82, 2.24) is 25.1 Å². The van der Waals surface area contributed by atoms with E-state index in [0.29, 0.717) is 43.9 Å². The number of carbonyl (C=O) groups excluding carboxylic acids is 3. The van der Waals surface area contributed by atoms with Crippen molar-refractivity contribution >= 4 is 18.2 Å². The molecule has 8 nitrogen and oxygen atoms in total. The first-order valence-corrected chi connectivity index (χ1v) is 8.28. The maximum Gasteiger partial charge on any atom is 0.255 e. The van der Waals surface area contributed by atoms with Gasteiger partial charge in [-0.15, -0.1) is 0 Å². The van der Waals surface area contributed by atoms with Gasteiger partial charge in [0, 0.05) is 57.5 Å². The summed E-state index contributed by atoms with van der Waals surface area (Å²) in [5, 5.41) is 2.78. The van der Waals surface area contributed by atoms with Gasteiger partial charge in [-0.1, -0.05) is 6.07 Å². The van der Waals surface area contributed by atoms with Crippen LogP contribution in [0.4, 0.5) is 0 Å². The minimum Gasteiger partial charge on any atom is -0.348 e. The number of rotatable bonds is 5. The molecule has 1 saturated heterocycles. The zero-order valence-electron chi connectivity index (χ0n) is 14.2. The predicted octanol–water partition coefficient (Wildman–Crippen LogP) is 0.321. The van der Waals surface area contributed by atoms with Gasteiger partial charge in [0.2, 0.25) is 6.41 Å². The molecule has 3 amide bonds. The van der Waals surface area contributed by atoms with E-state index in [1.54, 1.807) is 34.3 Å². The van der Waals surface area contributed by atoms with Crippen molar-refractivity contribution < 1.29 is 14.4 Å². The molecule has 3 rings (SSSR count). The van der Waals surface area contributed by atoms with Crippen LogP contribution in [0.2, 0.25) is 0 Å². The quantitative estimate of drug-likeness (QED) is 0.781. The maximum atomic E-state index is 12.6. The lowest BCUT2D eigenvalue weighted by molar-refractivity contribution is -0.119. The molecule has 0 unspecified atom stereocenters. The van der Waals surface area contributed by atoms with Crippen molar-refractivity contribution in [2.75, 3.05) is 26.2 Å². The molecule has 0 bridgehead atoms. The second kappa shape index (κ2) is 8.19. The molecule has 1 aliphatic heterocycles. The van der Waals surface area contributed by atoms with E-state index in [4.69, 9.17) is 0 Å². The largest absolute Gasteiger partial charge is 0.348 e. The van der Waals surface area contributed by atoms with Crippen LogP contribution in [-0.2, 0) is 11.3 Å². The highest BCUT2D eigenvalue weighted by molar-refractivity contribution is 5.99. The third-order valence-electron chi connectivity index (χ3n) is 4.17. The van der Waals surface area contributed by atoms with Gasteiger partial charge in [0.05, 0.1) is 11.1 Å². The highest BCUT2D eigenvalue weighted by Crippen LogP contribution is 2.10. The minimum atomic E-state index is -0.304. The molecule has 0 spiro atoms. The zero-order valence-corrected chi connectivity index (χ0v) is 14.2. The number of nitrogens with zero attached hydrogens (tertiary/aromatic N) is 4. The smallest absolute Gasteiger partial charge is 0.255 e. The van der Waals surface area contributed by atoms with Crippen molar-refractivity contribution in [2.45, 2.75) is 6.54 Å². The minimum absolute atomic E-state index is 0.190. The average molecular weight is 353 g/mol. The molecule has 0 aliphatic carbocycles. The monoisotopic (exact) mass is 353 g/mol. The Kier molecular flexibility index (Phi) is 5.52. The number of pyridine rings is 2. The molecule has 0 saturated carbocycles. The highest BCUT2D eigenvalue weighted by Gasteiger charge is 2.22.